The fraction of sp³-hybridized carbons (Fsp3) is 0.190. The van der Waals surface area contributed by atoms with Crippen LogP contribution >= 0.6 is 0 Å². The molecular formula is C21H18F3N5O. The number of aliphatic hydroxyl groups excluding tert-OH is 1. The van der Waals surface area contributed by atoms with Crippen LogP contribution in [-0.4, -0.2) is 24.9 Å². The van der Waals surface area contributed by atoms with E-state index in [2.05, 4.69) is 15.1 Å². The summed E-state index contributed by atoms with van der Waals surface area (Å²) in [5.74, 6) is 0.0261. The number of nitrogens with zero attached hydrogens (tertiary/aromatic N) is 4. The summed E-state index contributed by atoms with van der Waals surface area (Å²) in [6, 6.07) is 12.4. The lowest BCUT2D eigenvalue weighted by atomic mass is 10.0. The molecule has 0 aliphatic rings. The van der Waals surface area contributed by atoms with Crippen molar-refractivity contribution in [1.29, 1.82) is 0 Å². The molecule has 1 atom stereocenters. The van der Waals surface area contributed by atoms with Crippen LogP contribution in [0.2, 0.25) is 0 Å². The molecule has 4 aromatic rings. The topological polar surface area (TPSA) is 89.8 Å². The van der Waals surface area contributed by atoms with Gasteiger partial charge in [0.2, 0.25) is 0 Å². The molecule has 3 aromatic heterocycles. The number of pyridine rings is 2. The van der Waals surface area contributed by atoms with E-state index in [-0.39, 0.29) is 18.5 Å². The Bertz CT molecular complexity index is 1220. The zero-order valence-corrected chi connectivity index (χ0v) is 15.9. The van der Waals surface area contributed by atoms with Crippen molar-refractivity contribution < 1.29 is 18.3 Å². The van der Waals surface area contributed by atoms with Crippen LogP contribution in [0.15, 0.2) is 54.7 Å². The van der Waals surface area contributed by atoms with Crippen LogP contribution < -0.4 is 5.73 Å². The number of alkyl halides is 3. The number of hydrogen-bond donors (Lipinski definition) is 2. The van der Waals surface area contributed by atoms with E-state index in [9.17, 15) is 18.3 Å². The molecule has 154 valence electrons. The number of benzene rings is 1. The highest BCUT2D eigenvalue weighted by Crippen LogP contribution is 2.31. The van der Waals surface area contributed by atoms with Gasteiger partial charge in [0.25, 0.3) is 0 Å². The Labute approximate surface area is 169 Å². The highest BCUT2D eigenvalue weighted by atomic mass is 19.4. The number of halogens is 3. The molecule has 1 aromatic carbocycles. The Morgan fingerprint density at radius 3 is 2.57 bits per heavy atom. The summed E-state index contributed by atoms with van der Waals surface area (Å²) in [7, 11) is 0. The van der Waals surface area contributed by atoms with Crippen molar-refractivity contribution in [2.45, 2.75) is 25.7 Å². The first-order valence-corrected chi connectivity index (χ1v) is 9.17. The van der Waals surface area contributed by atoms with Crippen molar-refractivity contribution in [2.75, 3.05) is 0 Å². The van der Waals surface area contributed by atoms with Crippen molar-refractivity contribution >= 4 is 10.9 Å². The molecule has 0 aliphatic carbocycles. The molecule has 0 spiro atoms. The molecular weight excluding hydrogens is 395 g/mol. The predicted octanol–water partition coefficient (Wildman–Crippen LogP) is 4.01. The van der Waals surface area contributed by atoms with Gasteiger partial charge >= 0.3 is 6.18 Å². The Morgan fingerprint density at radius 1 is 1.10 bits per heavy atom. The second-order valence-corrected chi connectivity index (χ2v) is 6.90. The number of hydrogen-bond acceptors (Lipinski definition) is 5. The summed E-state index contributed by atoms with van der Waals surface area (Å²) in [5.41, 5.74) is 8.02. The highest BCUT2D eigenvalue weighted by Gasteiger charge is 2.32. The molecule has 4 rings (SSSR count). The maximum absolute atomic E-state index is 13.1. The summed E-state index contributed by atoms with van der Waals surface area (Å²) < 4.78 is 40.6. The third-order valence-corrected chi connectivity index (χ3v) is 4.72. The quantitative estimate of drug-likeness (QED) is 0.528. The monoisotopic (exact) mass is 413 g/mol. The van der Waals surface area contributed by atoms with Crippen LogP contribution in [0.4, 0.5) is 13.2 Å². The van der Waals surface area contributed by atoms with Crippen molar-refractivity contribution in [3.63, 3.8) is 0 Å². The van der Waals surface area contributed by atoms with Crippen LogP contribution in [0.1, 0.15) is 29.9 Å². The Hall–Kier alpha value is -3.30. The molecule has 3 N–H and O–H groups in total. The first-order chi connectivity index (χ1) is 14.3. The smallest absolute Gasteiger partial charge is 0.392 e. The number of nitrogens with two attached hydrogens (primary N) is 1. The first kappa shape index (κ1) is 20.0. The minimum atomic E-state index is -4.57. The lowest BCUT2D eigenvalue weighted by molar-refractivity contribution is -0.141. The van der Waals surface area contributed by atoms with Gasteiger partial charge in [0.05, 0.1) is 29.7 Å². The average Bonchev–Trinajstić information content (AvgIpc) is 3.16. The minimum absolute atomic E-state index is 0.0261. The van der Waals surface area contributed by atoms with Gasteiger partial charge in [-0.05, 0) is 48.9 Å². The summed E-state index contributed by atoms with van der Waals surface area (Å²) in [5, 5.41) is 14.7. The van der Waals surface area contributed by atoms with Crippen LogP contribution in [0, 0.1) is 0 Å². The normalized spacial score (nSPS) is 13.0. The zero-order chi connectivity index (χ0) is 21.5. The Morgan fingerprint density at radius 2 is 1.87 bits per heavy atom. The SMILES string of the molecule is CC(N)c1cccc(-c2cc(CO)c3cnn(-c4cccc(C(F)(F)F)n4)c3c2)n1. The molecule has 0 radical (unpaired) electrons. The molecule has 30 heavy (non-hydrogen) atoms. The average molecular weight is 413 g/mol. The van der Waals surface area contributed by atoms with Gasteiger partial charge in [-0.3, -0.25) is 4.98 Å². The second-order valence-electron chi connectivity index (χ2n) is 6.90. The lowest BCUT2D eigenvalue weighted by Gasteiger charge is -2.11. The van der Waals surface area contributed by atoms with Gasteiger partial charge in [-0.2, -0.15) is 18.3 Å². The van der Waals surface area contributed by atoms with E-state index in [1.54, 1.807) is 18.2 Å². The van der Waals surface area contributed by atoms with Crippen LogP contribution in [-0.2, 0) is 12.8 Å². The summed E-state index contributed by atoms with van der Waals surface area (Å²) in [4.78, 5) is 8.27. The van der Waals surface area contributed by atoms with E-state index >= 15 is 0 Å². The fourth-order valence-electron chi connectivity index (χ4n) is 3.22. The Kier molecular flexibility index (Phi) is 5.00. The van der Waals surface area contributed by atoms with E-state index in [0.29, 0.717) is 33.4 Å². The van der Waals surface area contributed by atoms with Crippen molar-refractivity contribution in [3.05, 3.63) is 71.7 Å². The molecule has 6 nitrogen and oxygen atoms in total. The molecule has 0 fully saturated rings. The third kappa shape index (κ3) is 3.64. The second kappa shape index (κ2) is 7.51. The van der Waals surface area contributed by atoms with Crippen molar-refractivity contribution in [3.8, 4) is 17.1 Å². The molecule has 0 bridgehead atoms. The molecule has 0 aliphatic heterocycles. The van der Waals surface area contributed by atoms with Crippen LogP contribution in [0.5, 0.6) is 0 Å². The molecule has 9 heteroatoms. The van der Waals surface area contributed by atoms with Crippen molar-refractivity contribution in [1.82, 2.24) is 19.7 Å². The van der Waals surface area contributed by atoms with Crippen LogP contribution in [0.3, 0.4) is 0 Å². The van der Waals surface area contributed by atoms with E-state index in [0.717, 1.165) is 6.07 Å². The Balaban J connectivity index is 1.91. The third-order valence-electron chi connectivity index (χ3n) is 4.72. The zero-order valence-electron chi connectivity index (χ0n) is 15.9. The molecule has 3 heterocycles. The predicted molar refractivity (Wildman–Crippen MR) is 106 cm³/mol. The van der Waals surface area contributed by atoms with Gasteiger partial charge in [0, 0.05) is 17.0 Å². The summed E-state index contributed by atoms with van der Waals surface area (Å²) in [6.45, 7) is 1.56. The summed E-state index contributed by atoms with van der Waals surface area (Å²) in [6.07, 6.45) is -3.07. The van der Waals surface area contributed by atoms with Gasteiger partial charge in [0.15, 0.2) is 5.82 Å². The van der Waals surface area contributed by atoms with E-state index in [4.69, 9.17) is 5.73 Å². The standard InChI is InChI=1S/C21H18F3N5O/c1-12(25)16-4-2-5-17(27-16)13-8-14(11-30)15-10-26-29(18(15)9-13)20-7-3-6-19(28-20)21(22,23)24/h2-10,12,30H,11,25H2,1H3. The van der Waals surface area contributed by atoms with Gasteiger partial charge in [-0.1, -0.05) is 12.1 Å². The largest absolute Gasteiger partial charge is 0.433 e. The molecule has 0 saturated carbocycles. The highest BCUT2D eigenvalue weighted by molar-refractivity contribution is 5.88. The maximum atomic E-state index is 13.1. The van der Waals surface area contributed by atoms with E-state index in [1.807, 2.05) is 19.1 Å². The fourth-order valence-corrected chi connectivity index (χ4v) is 3.22. The van der Waals surface area contributed by atoms with E-state index in [1.165, 1.54) is 23.0 Å². The minimum Gasteiger partial charge on any atom is -0.392 e. The van der Waals surface area contributed by atoms with Gasteiger partial charge < -0.3 is 10.8 Å². The maximum Gasteiger partial charge on any atom is 0.433 e. The van der Waals surface area contributed by atoms with Crippen LogP contribution in [0.25, 0.3) is 28.0 Å². The first-order valence-electron chi connectivity index (χ1n) is 9.17. The van der Waals surface area contributed by atoms with Crippen molar-refractivity contribution in [2.24, 2.45) is 5.73 Å². The molecule has 0 amide bonds. The number of aromatic nitrogens is 4. The number of fused-ring (bicyclic) bond motifs is 1. The van der Waals surface area contributed by atoms with E-state index < -0.39 is 11.9 Å². The number of rotatable bonds is 4. The lowest BCUT2D eigenvalue weighted by Crippen LogP contribution is -2.10. The van der Waals surface area contributed by atoms with Gasteiger partial charge in [-0.15, -0.1) is 0 Å². The summed E-state index contributed by atoms with van der Waals surface area (Å²) >= 11 is 0. The number of aliphatic hydroxyl groups is 1. The van der Waals surface area contributed by atoms with Gasteiger partial charge in [0.1, 0.15) is 5.69 Å². The molecule has 0 saturated heterocycles. The van der Waals surface area contributed by atoms with Gasteiger partial charge in [-0.25, -0.2) is 9.67 Å². The molecule has 1 unspecified atom stereocenters.